The molecule has 1 heterocycles. The first-order chi connectivity index (χ1) is 7.37. The van der Waals surface area contributed by atoms with Gasteiger partial charge in [-0.25, -0.2) is 4.39 Å². The predicted molar refractivity (Wildman–Crippen MR) is 64.9 cm³/mol. The van der Waals surface area contributed by atoms with Crippen LogP contribution in [0.25, 0.3) is 0 Å². The Kier molecular flexibility index (Phi) is 2.57. The maximum atomic E-state index is 13.4. The molecule has 1 unspecified atom stereocenters. The molecule has 0 spiro atoms. The fourth-order valence-corrected chi connectivity index (χ4v) is 2.58. The van der Waals surface area contributed by atoms with Gasteiger partial charge in [-0.05, 0) is 46.5 Å². The average molecular weight is 286 g/mol. The summed E-state index contributed by atoms with van der Waals surface area (Å²) < 4.78 is 14.0. The third kappa shape index (κ3) is 1.39. The van der Waals surface area contributed by atoms with Crippen LogP contribution in [0.1, 0.15) is 26.3 Å². The number of amides is 1. The maximum absolute atomic E-state index is 13.4. The van der Waals surface area contributed by atoms with Crippen LogP contribution >= 0.6 is 15.9 Å². The van der Waals surface area contributed by atoms with Crippen LogP contribution in [0, 0.1) is 11.7 Å². The monoisotopic (exact) mass is 285 g/mol. The van der Waals surface area contributed by atoms with Crippen LogP contribution in [0.15, 0.2) is 16.6 Å². The molecule has 0 fully saturated rings. The topological polar surface area (TPSA) is 29.1 Å². The predicted octanol–water partition coefficient (Wildman–Crippen LogP) is 3.45. The van der Waals surface area contributed by atoms with Gasteiger partial charge < -0.3 is 5.32 Å². The molecule has 4 heteroatoms. The first-order valence-corrected chi connectivity index (χ1v) is 5.97. The summed E-state index contributed by atoms with van der Waals surface area (Å²) in [5.74, 6) is -0.278. The molecule has 1 amide bonds. The van der Waals surface area contributed by atoms with Crippen molar-refractivity contribution in [1.29, 1.82) is 0 Å². The molecule has 0 aromatic heterocycles. The third-order valence-corrected chi connectivity index (χ3v) is 4.10. The van der Waals surface area contributed by atoms with Crippen molar-refractivity contribution < 1.29 is 9.18 Å². The number of anilines is 1. The van der Waals surface area contributed by atoms with E-state index in [9.17, 15) is 9.18 Å². The van der Waals surface area contributed by atoms with E-state index < -0.39 is 5.41 Å². The van der Waals surface area contributed by atoms with E-state index in [0.717, 1.165) is 5.56 Å². The van der Waals surface area contributed by atoms with E-state index >= 15 is 0 Å². The van der Waals surface area contributed by atoms with E-state index in [2.05, 4.69) is 21.2 Å². The first kappa shape index (κ1) is 11.6. The zero-order valence-electron chi connectivity index (χ0n) is 9.40. The Morgan fingerprint density at radius 2 is 2.06 bits per heavy atom. The number of fused-ring (bicyclic) bond motifs is 1. The number of nitrogens with one attached hydrogen (secondary N) is 1. The summed E-state index contributed by atoms with van der Waals surface area (Å²) in [6, 6.07) is 2.81. The summed E-state index contributed by atoms with van der Waals surface area (Å²) in [5, 5.41) is 2.81. The van der Waals surface area contributed by atoms with E-state index in [1.165, 1.54) is 12.1 Å². The lowest BCUT2D eigenvalue weighted by atomic mass is 9.74. The lowest BCUT2D eigenvalue weighted by Crippen LogP contribution is -2.36. The van der Waals surface area contributed by atoms with E-state index in [-0.39, 0.29) is 17.6 Å². The molecule has 86 valence electrons. The summed E-state index contributed by atoms with van der Waals surface area (Å²) in [4.78, 5) is 12.0. The molecular weight excluding hydrogens is 273 g/mol. The Labute approximate surface area is 102 Å². The highest BCUT2D eigenvalue weighted by atomic mass is 79.9. The molecule has 2 rings (SSSR count). The molecule has 0 saturated carbocycles. The molecule has 1 aliphatic rings. The highest BCUT2D eigenvalue weighted by Gasteiger charge is 2.46. The average Bonchev–Trinajstić information content (AvgIpc) is 2.43. The van der Waals surface area contributed by atoms with Crippen molar-refractivity contribution in [1.82, 2.24) is 0 Å². The Morgan fingerprint density at radius 3 is 2.62 bits per heavy atom. The van der Waals surface area contributed by atoms with Gasteiger partial charge in [-0.2, -0.15) is 0 Å². The van der Waals surface area contributed by atoms with Crippen LogP contribution in [-0.4, -0.2) is 5.91 Å². The van der Waals surface area contributed by atoms with Gasteiger partial charge >= 0.3 is 0 Å². The Hall–Kier alpha value is -0.900. The van der Waals surface area contributed by atoms with Crippen molar-refractivity contribution in [2.45, 2.75) is 26.2 Å². The second-order valence-corrected chi connectivity index (χ2v) is 5.48. The molecule has 0 bridgehead atoms. The molecule has 2 nitrogen and oxygen atoms in total. The van der Waals surface area contributed by atoms with Gasteiger partial charge in [0.2, 0.25) is 5.91 Å². The van der Waals surface area contributed by atoms with Gasteiger partial charge in [0.15, 0.2) is 0 Å². The number of hydrogen-bond donors (Lipinski definition) is 1. The van der Waals surface area contributed by atoms with Crippen LogP contribution in [0.3, 0.4) is 0 Å². The minimum absolute atomic E-state index is 0.0659. The van der Waals surface area contributed by atoms with Gasteiger partial charge in [0.25, 0.3) is 0 Å². The van der Waals surface area contributed by atoms with E-state index in [0.29, 0.717) is 10.2 Å². The molecule has 1 atom stereocenters. The third-order valence-electron chi connectivity index (χ3n) is 3.48. The zero-order chi connectivity index (χ0) is 12.1. The van der Waals surface area contributed by atoms with Crippen LogP contribution < -0.4 is 5.32 Å². The highest BCUT2D eigenvalue weighted by Crippen LogP contribution is 2.45. The number of benzene rings is 1. The largest absolute Gasteiger partial charge is 0.324 e. The Bertz CT molecular complexity index is 472. The molecule has 0 aliphatic carbocycles. The first-order valence-electron chi connectivity index (χ1n) is 5.18. The molecular formula is C12H13BrFNO. The normalized spacial score (nSPS) is 23.5. The summed E-state index contributed by atoms with van der Waals surface area (Å²) in [6.07, 6.45) is 0. The van der Waals surface area contributed by atoms with Crippen LogP contribution in [0.5, 0.6) is 0 Å². The summed E-state index contributed by atoms with van der Waals surface area (Å²) in [6.45, 7) is 5.78. The Morgan fingerprint density at radius 1 is 1.44 bits per heavy atom. The van der Waals surface area contributed by atoms with Gasteiger partial charge in [-0.3, -0.25) is 4.79 Å². The minimum atomic E-state index is -0.653. The van der Waals surface area contributed by atoms with Crippen molar-refractivity contribution in [3.05, 3.63) is 28.0 Å². The fraction of sp³-hybridized carbons (Fsp3) is 0.417. The van der Waals surface area contributed by atoms with Gasteiger partial charge in [0, 0.05) is 4.47 Å². The number of carbonyl (C=O) groups excluding carboxylic acids is 1. The maximum Gasteiger partial charge on any atom is 0.235 e. The molecule has 16 heavy (non-hydrogen) atoms. The molecule has 1 aliphatic heterocycles. The standard InChI is InChI=1S/C12H13BrFNO/c1-6(2)12(3)8-4-7(14)5-9(13)10(8)15-11(12)16/h4-6H,1-3H3,(H,15,16). The number of carbonyl (C=O) groups is 1. The van der Waals surface area contributed by atoms with Crippen LogP contribution in [0.2, 0.25) is 0 Å². The van der Waals surface area contributed by atoms with Gasteiger partial charge in [-0.1, -0.05) is 13.8 Å². The van der Waals surface area contributed by atoms with Crippen LogP contribution in [0.4, 0.5) is 10.1 Å². The summed E-state index contributed by atoms with van der Waals surface area (Å²) in [7, 11) is 0. The van der Waals surface area contributed by atoms with Crippen molar-refractivity contribution in [3.63, 3.8) is 0 Å². The van der Waals surface area contributed by atoms with Crippen molar-refractivity contribution >= 4 is 27.5 Å². The molecule has 0 saturated heterocycles. The van der Waals surface area contributed by atoms with Crippen LogP contribution in [-0.2, 0) is 10.2 Å². The van der Waals surface area contributed by atoms with E-state index in [1.807, 2.05) is 20.8 Å². The SMILES string of the molecule is CC(C)C1(C)C(=O)Nc2c(Br)cc(F)cc21. The van der Waals surface area contributed by atoms with Gasteiger partial charge in [0.1, 0.15) is 5.82 Å². The second-order valence-electron chi connectivity index (χ2n) is 4.62. The molecule has 1 aromatic rings. The minimum Gasteiger partial charge on any atom is -0.324 e. The van der Waals surface area contributed by atoms with Gasteiger partial charge in [-0.15, -0.1) is 0 Å². The Balaban J connectivity index is 2.70. The highest BCUT2D eigenvalue weighted by molar-refractivity contribution is 9.10. The number of hydrogen-bond acceptors (Lipinski definition) is 1. The molecule has 0 radical (unpaired) electrons. The number of halogens is 2. The van der Waals surface area contributed by atoms with Crippen molar-refractivity contribution in [2.75, 3.05) is 5.32 Å². The summed E-state index contributed by atoms with van der Waals surface area (Å²) in [5.41, 5.74) is 0.780. The molecule has 1 N–H and O–H groups in total. The lowest BCUT2D eigenvalue weighted by Gasteiger charge is -2.26. The van der Waals surface area contributed by atoms with E-state index in [4.69, 9.17) is 0 Å². The quantitative estimate of drug-likeness (QED) is 0.841. The smallest absolute Gasteiger partial charge is 0.235 e. The fourth-order valence-electron chi connectivity index (χ4n) is 2.05. The van der Waals surface area contributed by atoms with Crippen molar-refractivity contribution in [2.24, 2.45) is 5.92 Å². The van der Waals surface area contributed by atoms with E-state index in [1.54, 1.807) is 0 Å². The molecule has 1 aromatic carbocycles. The number of rotatable bonds is 1. The lowest BCUT2D eigenvalue weighted by molar-refractivity contribution is -0.121. The summed E-state index contributed by atoms with van der Waals surface area (Å²) >= 11 is 3.27. The van der Waals surface area contributed by atoms with Crippen molar-refractivity contribution in [3.8, 4) is 0 Å². The second kappa shape index (κ2) is 3.55. The van der Waals surface area contributed by atoms with Gasteiger partial charge in [0.05, 0.1) is 11.1 Å². The zero-order valence-corrected chi connectivity index (χ0v) is 11.0.